The summed E-state index contributed by atoms with van der Waals surface area (Å²) < 4.78 is 0. The number of nitrogens with one attached hydrogen (secondary N) is 1. The molecule has 0 aromatic heterocycles. The number of fused-ring (bicyclic) bond motifs is 1. The minimum absolute atomic E-state index is 0.00225. The lowest BCUT2D eigenvalue weighted by atomic mass is 9.77. The van der Waals surface area contributed by atoms with Gasteiger partial charge in [-0.05, 0) is 42.2 Å². The minimum atomic E-state index is -0.00383. The van der Waals surface area contributed by atoms with Crippen molar-refractivity contribution in [1.29, 1.82) is 0 Å². The van der Waals surface area contributed by atoms with Crippen LogP contribution in [0.1, 0.15) is 35.6 Å². The third-order valence-electron chi connectivity index (χ3n) is 3.97. The molecule has 0 aliphatic heterocycles. The molecule has 3 N–H and O–H groups in total. The van der Waals surface area contributed by atoms with Gasteiger partial charge in [0.2, 0.25) is 5.91 Å². The summed E-state index contributed by atoms with van der Waals surface area (Å²) in [7, 11) is 0. The molecular weight excluding hydrogens is 248 g/mol. The first-order chi connectivity index (χ1) is 9.65. The second-order valence-corrected chi connectivity index (χ2v) is 5.35. The van der Waals surface area contributed by atoms with E-state index in [0.29, 0.717) is 0 Å². The molecule has 0 saturated carbocycles. The number of nitrogens with two attached hydrogens (primary N) is 1. The summed E-state index contributed by atoms with van der Waals surface area (Å²) in [4.78, 5) is 12.3. The lowest BCUT2D eigenvalue weighted by molar-refractivity contribution is -0.123. The van der Waals surface area contributed by atoms with Gasteiger partial charge in [-0.3, -0.25) is 4.79 Å². The number of amides is 1. The van der Waals surface area contributed by atoms with Gasteiger partial charge in [-0.1, -0.05) is 36.4 Å². The summed E-state index contributed by atoms with van der Waals surface area (Å²) in [5, 5.41) is 3.08. The maximum absolute atomic E-state index is 12.3. The van der Waals surface area contributed by atoms with Crippen molar-refractivity contribution in [3.63, 3.8) is 0 Å². The number of benzene rings is 2. The van der Waals surface area contributed by atoms with Crippen LogP contribution in [-0.2, 0) is 11.2 Å². The Balaban J connectivity index is 1.67. The van der Waals surface area contributed by atoms with Crippen LogP contribution in [-0.4, -0.2) is 5.91 Å². The van der Waals surface area contributed by atoms with Gasteiger partial charge in [0.25, 0.3) is 0 Å². The molecule has 3 nitrogen and oxygen atoms in total. The smallest absolute Gasteiger partial charge is 0.228 e. The van der Waals surface area contributed by atoms with Crippen LogP contribution in [0.3, 0.4) is 0 Å². The zero-order valence-corrected chi connectivity index (χ0v) is 11.5. The quantitative estimate of drug-likeness (QED) is 0.839. The van der Waals surface area contributed by atoms with Gasteiger partial charge in [0, 0.05) is 5.69 Å². The molecule has 1 aliphatic rings. The highest BCUT2D eigenvalue weighted by Crippen LogP contribution is 2.35. The second-order valence-electron chi connectivity index (χ2n) is 5.35. The number of hydrogen-bond acceptors (Lipinski definition) is 2. The Morgan fingerprint density at radius 2 is 1.90 bits per heavy atom. The molecule has 1 amide bonds. The van der Waals surface area contributed by atoms with E-state index in [9.17, 15) is 4.79 Å². The maximum Gasteiger partial charge on any atom is 0.228 e. The van der Waals surface area contributed by atoms with Gasteiger partial charge in [-0.2, -0.15) is 0 Å². The molecule has 20 heavy (non-hydrogen) atoms. The van der Waals surface area contributed by atoms with Crippen molar-refractivity contribution in [1.82, 2.24) is 5.32 Å². The van der Waals surface area contributed by atoms with Crippen LogP contribution in [0.2, 0.25) is 0 Å². The van der Waals surface area contributed by atoms with Gasteiger partial charge >= 0.3 is 0 Å². The summed E-state index contributed by atoms with van der Waals surface area (Å²) in [5.41, 5.74) is 9.93. The molecule has 0 spiro atoms. The van der Waals surface area contributed by atoms with Crippen molar-refractivity contribution >= 4 is 11.6 Å². The summed E-state index contributed by atoms with van der Waals surface area (Å²) in [6, 6.07) is 15.7. The van der Waals surface area contributed by atoms with Crippen molar-refractivity contribution in [2.75, 3.05) is 5.73 Å². The van der Waals surface area contributed by atoms with E-state index in [2.05, 4.69) is 11.4 Å². The third-order valence-corrected chi connectivity index (χ3v) is 3.97. The number of carbonyl (C=O) groups is 1. The third kappa shape index (κ3) is 2.27. The number of anilines is 1. The van der Waals surface area contributed by atoms with E-state index in [1.165, 1.54) is 5.56 Å². The van der Waals surface area contributed by atoms with Crippen molar-refractivity contribution in [3.05, 3.63) is 65.2 Å². The van der Waals surface area contributed by atoms with Crippen LogP contribution in [0.5, 0.6) is 0 Å². The van der Waals surface area contributed by atoms with Crippen LogP contribution in [0, 0.1) is 0 Å². The van der Waals surface area contributed by atoms with Gasteiger partial charge in [-0.25, -0.2) is 0 Å². The number of rotatable bonds is 3. The molecule has 0 radical (unpaired) electrons. The first-order valence-corrected chi connectivity index (χ1v) is 6.89. The zero-order valence-electron chi connectivity index (χ0n) is 11.5. The fourth-order valence-corrected chi connectivity index (χ4v) is 2.67. The average molecular weight is 266 g/mol. The molecule has 1 aliphatic carbocycles. The standard InChI is InChI=1S/C17H18N2O/c1-11(12-6-8-14(18)9-7-12)19-17(20)16-10-13-4-2-3-5-15(13)16/h2-9,11,16H,10,18H2,1H3,(H,19,20). The maximum atomic E-state index is 12.3. The zero-order chi connectivity index (χ0) is 14.1. The Morgan fingerprint density at radius 1 is 1.20 bits per heavy atom. The Labute approximate surface area is 118 Å². The summed E-state index contributed by atoms with van der Waals surface area (Å²) in [5.74, 6) is 0.107. The van der Waals surface area contributed by atoms with E-state index in [4.69, 9.17) is 5.73 Å². The predicted molar refractivity (Wildman–Crippen MR) is 80.3 cm³/mol. The Kier molecular flexibility index (Phi) is 3.18. The molecule has 0 heterocycles. The molecule has 3 heteroatoms. The molecular formula is C17H18N2O. The Hall–Kier alpha value is -2.29. The van der Waals surface area contributed by atoms with E-state index in [-0.39, 0.29) is 17.9 Å². The van der Waals surface area contributed by atoms with Gasteiger partial charge in [0.1, 0.15) is 0 Å². The molecule has 2 aromatic rings. The largest absolute Gasteiger partial charge is 0.399 e. The van der Waals surface area contributed by atoms with Gasteiger partial charge in [0.05, 0.1) is 12.0 Å². The normalized spacial score (nSPS) is 17.8. The van der Waals surface area contributed by atoms with Crippen molar-refractivity contribution in [3.8, 4) is 0 Å². The molecule has 2 aromatic carbocycles. The van der Waals surface area contributed by atoms with Crippen molar-refractivity contribution in [2.45, 2.75) is 25.3 Å². The van der Waals surface area contributed by atoms with Crippen molar-refractivity contribution < 1.29 is 4.79 Å². The molecule has 2 unspecified atom stereocenters. The van der Waals surface area contributed by atoms with E-state index < -0.39 is 0 Å². The number of carbonyl (C=O) groups excluding carboxylic acids is 1. The lowest BCUT2D eigenvalue weighted by Crippen LogP contribution is -2.36. The fourth-order valence-electron chi connectivity index (χ4n) is 2.67. The Bertz CT molecular complexity index is 634. The van der Waals surface area contributed by atoms with Gasteiger partial charge in [0.15, 0.2) is 0 Å². The number of nitrogen functional groups attached to an aromatic ring is 1. The highest BCUT2D eigenvalue weighted by molar-refractivity contribution is 5.87. The molecule has 2 atom stereocenters. The molecule has 3 rings (SSSR count). The van der Waals surface area contributed by atoms with Crippen LogP contribution in [0.25, 0.3) is 0 Å². The molecule has 0 fully saturated rings. The van der Waals surface area contributed by atoms with E-state index in [1.54, 1.807) is 0 Å². The fraction of sp³-hybridized carbons (Fsp3) is 0.235. The van der Waals surface area contributed by atoms with Gasteiger partial charge in [-0.15, -0.1) is 0 Å². The molecule has 0 saturated heterocycles. The van der Waals surface area contributed by atoms with Crippen LogP contribution in [0.4, 0.5) is 5.69 Å². The summed E-state index contributed by atoms with van der Waals surface area (Å²) >= 11 is 0. The van der Waals surface area contributed by atoms with Crippen molar-refractivity contribution in [2.24, 2.45) is 0 Å². The topological polar surface area (TPSA) is 55.1 Å². The summed E-state index contributed by atoms with van der Waals surface area (Å²) in [6.07, 6.45) is 0.844. The van der Waals surface area contributed by atoms with Crippen LogP contribution in [0.15, 0.2) is 48.5 Å². The van der Waals surface area contributed by atoms with Crippen LogP contribution < -0.4 is 11.1 Å². The minimum Gasteiger partial charge on any atom is -0.399 e. The second kappa shape index (κ2) is 5.00. The predicted octanol–water partition coefficient (Wildman–Crippen LogP) is 2.79. The summed E-state index contributed by atoms with van der Waals surface area (Å²) in [6.45, 7) is 1.99. The van der Waals surface area contributed by atoms with Gasteiger partial charge < -0.3 is 11.1 Å². The average Bonchev–Trinajstić information content (AvgIpc) is 2.41. The first-order valence-electron chi connectivity index (χ1n) is 6.89. The highest BCUT2D eigenvalue weighted by Gasteiger charge is 2.32. The van der Waals surface area contributed by atoms with E-state index in [0.717, 1.165) is 23.2 Å². The SMILES string of the molecule is CC(NC(=O)C1Cc2ccccc21)c1ccc(N)cc1. The lowest BCUT2D eigenvalue weighted by Gasteiger charge is -2.30. The Morgan fingerprint density at radius 3 is 2.60 bits per heavy atom. The van der Waals surface area contributed by atoms with E-state index >= 15 is 0 Å². The first kappa shape index (κ1) is 12.7. The number of hydrogen-bond donors (Lipinski definition) is 2. The monoisotopic (exact) mass is 266 g/mol. The highest BCUT2D eigenvalue weighted by atomic mass is 16.2. The van der Waals surface area contributed by atoms with Crippen LogP contribution >= 0.6 is 0 Å². The molecule has 0 bridgehead atoms. The molecule has 102 valence electrons. The van der Waals surface area contributed by atoms with E-state index in [1.807, 2.05) is 49.4 Å².